The Kier molecular flexibility index (Phi) is 3.70. The van der Waals surface area contributed by atoms with Crippen LogP contribution in [0.25, 0.3) is 0 Å². The van der Waals surface area contributed by atoms with Crippen LogP contribution in [0, 0.1) is 4.91 Å². The van der Waals surface area contributed by atoms with E-state index in [-0.39, 0.29) is 11.3 Å². The highest BCUT2D eigenvalue weighted by Gasteiger charge is 2.16. The van der Waals surface area contributed by atoms with Gasteiger partial charge < -0.3 is 5.11 Å². The summed E-state index contributed by atoms with van der Waals surface area (Å²) in [6.45, 7) is 3.33. The standard InChI is InChI=1S/C10H10N2O3/c1-2-10(14)12(11-15)9-6-4-3-5-8(9)7-13/h2-7,10,14H,1H2. The lowest BCUT2D eigenvalue weighted by Crippen LogP contribution is -2.28. The van der Waals surface area contributed by atoms with Gasteiger partial charge in [-0.2, -0.15) is 5.01 Å². The average molecular weight is 206 g/mol. The van der Waals surface area contributed by atoms with Crippen LogP contribution in [0.3, 0.4) is 0 Å². The Hall–Kier alpha value is -2.01. The Morgan fingerprint density at radius 2 is 2.13 bits per heavy atom. The number of hydrogen-bond acceptors (Lipinski definition) is 4. The first kappa shape index (κ1) is 11.1. The molecule has 0 fully saturated rings. The lowest BCUT2D eigenvalue weighted by molar-refractivity contribution is 0.112. The van der Waals surface area contributed by atoms with Gasteiger partial charge in [-0.15, -0.1) is 4.91 Å². The molecule has 1 atom stereocenters. The van der Waals surface area contributed by atoms with Crippen LogP contribution in [0.2, 0.25) is 0 Å². The van der Waals surface area contributed by atoms with Gasteiger partial charge in [0, 0.05) is 5.56 Å². The molecule has 0 aliphatic heterocycles. The van der Waals surface area contributed by atoms with Crippen LogP contribution < -0.4 is 5.01 Å². The fraction of sp³-hybridized carbons (Fsp3) is 0.100. The van der Waals surface area contributed by atoms with Crippen LogP contribution in [-0.4, -0.2) is 17.6 Å². The summed E-state index contributed by atoms with van der Waals surface area (Å²) < 4.78 is 0. The molecule has 15 heavy (non-hydrogen) atoms. The highest BCUT2D eigenvalue weighted by Crippen LogP contribution is 2.20. The highest BCUT2D eigenvalue weighted by atomic mass is 16.3. The first-order chi connectivity index (χ1) is 7.24. The van der Waals surface area contributed by atoms with E-state index in [4.69, 9.17) is 0 Å². The maximum atomic E-state index is 10.7. The number of para-hydroxylation sites is 1. The number of carbonyl (C=O) groups excluding carboxylic acids is 1. The number of nitrogens with zero attached hydrogens (tertiary/aromatic N) is 2. The van der Waals surface area contributed by atoms with E-state index in [1.165, 1.54) is 12.1 Å². The third-order valence-corrected chi connectivity index (χ3v) is 1.86. The Balaban J connectivity index is 3.16. The Bertz CT molecular complexity index is 379. The predicted octanol–water partition coefficient (Wildman–Crippen LogP) is 1.49. The first-order valence-electron chi connectivity index (χ1n) is 4.22. The van der Waals surface area contributed by atoms with Crippen molar-refractivity contribution in [3.63, 3.8) is 0 Å². The first-order valence-corrected chi connectivity index (χ1v) is 4.22. The second kappa shape index (κ2) is 5.02. The van der Waals surface area contributed by atoms with Crippen molar-refractivity contribution in [2.45, 2.75) is 6.23 Å². The molecular weight excluding hydrogens is 196 g/mol. The molecule has 1 unspecified atom stereocenters. The van der Waals surface area contributed by atoms with Crippen LogP contribution >= 0.6 is 0 Å². The topological polar surface area (TPSA) is 70.0 Å². The fourth-order valence-corrected chi connectivity index (χ4v) is 1.13. The zero-order valence-electron chi connectivity index (χ0n) is 7.91. The zero-order valence-corrected chi connectivity index (χ0v) is 7.91. The van der Waals surface area contributed by atoms with Crippen LogP contribution in [-0.2, 0) is 0 Å². The summed E-state index contributed by atoms with van der Waals surface area (Å²) in [5.74, 6) is 0. The lowest BCUT2D eigenvalue weighted by Gasteiger charge is -2.19. The Labute approximate surface area is 86.6 Å². The largest absolute Gasteiger partial charge is 0.368 e. The van der Waals surface area contributed by atoms with E-state index in [0.29, 0.717) is 6.29 Å². The number of aldehydes is 1. The van der Waals surface area contributed by atoms with Crippen molar-refractivity contribution in [1.82, 2.24) is 0 Å². The molecule has 78 valence electrons. The Morgan fingerprint density at radius 1 is 1.47 bits per heavy atom. The molecule has 0 heterocycles. The molecule has 0 bridgehead atoms. The van der Waals surface area contributed by atoms with Crippen LogP contribution in [0.5, 0.6) is 0 Å². The minimum absolute atomic E-state index is 0.245. The van der Waals surface area contributed by atoms with Crippen molar-refractivity contribution >= 4 is 12.0 Å². The number of benzene rings is 1. The van der Waals surface area contributed by atoms with Crippen molar-refractivity contribution in [3.05, 3.63) is 47.4 Å². The van der Waals surface area contributed by atoms with Crippen LogP contribution in [0.15, 0.2) is 42.2 Å². The molecule has 0 saturated heterocycles. The van der Waals surface area contributed by atoms with Crippen molar-refractivity contribution < 1.29 is 9.90 Å². The van der Waals surface area contributed by atoms with Gasteiger partial charge in [0.25, 0.3) is 0 Å². The summed E-state index contributed by atoms with van der Waals surface area (Å²) in [4.78, 5) is 21.2. The predicted molar refractivity (Wildman–Crippen MR) is 56.3 cm³/mol. The van der Waals surface area contributed by atoms with Gasteiger partial charge in [-0.3, -0.25) is 4.79 Å². The van der Waals surface area contributed by atoms with E-state index >= 15 is 0 Å². The third-order valence-electron chi connectivity index (χ3n) is 1.86. The van der Waals surface area contributed by atoms with Crippen molar-refractivity contribution in [2.24, 2.45) is 5.29 Å². The summed E-state index contributed by atoms with van der Waals surface area (Å²) in [6, 6.07) is 6.32. The SMILES string of the molecule is C=CC(O)N(N=O)c1ccccc1C=O. The molecule has 0 saturated carbocycles. The molecule has 0 aliphatic rings. The number of nitroso groups, excluding NO2 is 1. The molecular formula is C10H10N2O3. The second-order valence-electron chi connectivity index (χ2n) is 2.75. The molecule has 5 heteroatoms. The summed E-state index contributed by atoms with van der Waals surface area (Å²) in [7, 11) is 0. The highest BCUT2D eigenvalue weighted by molar-refractivity contribution is 5.84. The molecule has 0 amide bonds. The quantitative estimate of drug-likeness (QED) is 0.260. The minimum Gasteiger partial charge on any atom is -0.368 e. The number of aliphatic hydroxyl groups excluding tert-OH is 1. The summed E-state index contributed by atoms with van der Waals surface area (Å²) >= 11 is 0. The van der Waals surface area contributed by atoms with E-state index < -0.39 is 6.23 Å². The van der Waals surface area contributed by atoms with Gasteiger partial charge in [-0.25, -0.2) is 0 Å². The molecule has 0 spiro atoms. The third kappa shape index (κ3) is 2.26. The van der Waals surface area contributed by atoms with Crippen molar-refractivity contribution in [2.75, 3.05) is 5.01 Å². The van der Waals surface area contributed by atoms with Crippen LogP contribution in [0.4, 0.5) is 5.69 Å². The van der Waals surface area contributed by atoms with Gasteiger partial charge in [0.1, 0.15) is 0 Å². The summed E-state index contributed by atoms with van der Waals surface area (Å²) in [5, 5.41) is 12.8. The average Bonchev–Trinajstić information content (AvgIpc) is 2.30. The fourth-order valence-electron chi connectivity index (χ4n) is 1.13. The molecule has 1 aromatic rings. The van der Waals surface area contributed by atoms with E-state index in [2.05, 4.69) is 11.9 Å². The van der Waals surface area contributed by atoms with Gasteiger partial charge in [-0.1, -0.05) is 18.7 Å². The molecule has 5 nitrogen and oxygen atoms in total. The summed E-state index contributed by atoms with van der Waals surface area (Å²) in [5.41, 5.74) is 0.521. The molecule has 1 rings (SSSR count). The molecule has 1 aromatic carbocycles. The lowest BCUT2D eigenvalue weighted by atomic mass is 10.2. The number of aliphatic hydroxyl groups is 1. The summed E-state index contributed by atoms with van der Waals surface area (Å²) in [6.07, 6.45) is 0.482. The molecule has 1 N–H and O–H groups in total. The number of carbonyl (C=O) groups is 1. The van der Waals surface area contributed by atoms with Gasteiger partial charge in [0.2, 0.25) is 0 Å². The second-order valence-corrected chi connectivity index (χ2v) is 2.75. The maximum Gasteiger partial charge on any atom is 0.169 e. The monoisotopic (exact) mass is 206 g/mol. The number of hydrogen-bond donors (Lipinski definition) is 1. The zero-order chi connectivity index (χ0) is 11.3. The van der Waals surface area contributed by atoms with E-state index in [0.717, 1.165) is 11.1 Å². The van der Waals surface area contributed by atoms with E-state index in [1.54, 1.807) is 12.1 Å². The van der Waals surface area contributed by atoms with E-state index in [1.807, 2.05) is 0 Å². The molecule has 0 aliphatic carbocycles. The Morgan fingerprint density at radius 3 is 2.67 bits per heavy atom. The smallest absolute Gasteiger partial charge is 0.169 e. The molecule has 0 radical (unpaired) electrons. The number of anilines is 1. The van der Waals surface area contributed by atoms with Crippen molar-refractivity contribution in [1.29, 1.82) is 0 Å². The number of rotatable bonds is 5. The van der Waals surface area contributed by atoms with Gasteiger partial charge >= 0.3 is 0 Å². The van der Waals surface area contributed by atoms with E-state index in [9.17, 15) is 14.8 Å². The van der Waals surface area contributed by atoms with Gasteiger partial charge in [-0.05, 0) is 18.2 Å². The maximum absolute atomic E-state index is 10.7. The van der Waals surface area contributed by atoms with Crippen LogP contribution in [0.1, 0.15) is 10.4 Å². The van der Waals surface area contributed by atoms with Gasteiger partial charge in [0.15, 0.2) is 12.5 Å². The molecule has 0 aromatic heterocycles. The minimum atomic E-state index is -1.25. The normalized spacial score (nSPS) is 11.5. The van der Waals surface area contributed by atoms with Gasteiger partial charge in [0.05, 0.1) is 11.0 Å². The van der Waals surface area contributed by atoms with Crippen molar-refractivity contribution in [3.8, 4) is 0 Å².